The van der Waals surface area contributed by atoms with Crippen molar-refractivity contribution in [2.75, 3.05) is 26.7 Å². The lowest BCUT2D eigenvalue weighted by molar-refractivity contribution is 0.173. The largest absolute Gasteiger partial charge is 0.333 e. The first kappa shape index (κ1) is 18.9. The zero-order chi connectivity index (χ0) is 19.9. The van der Waals surface area contributed by atoms with E-state index in [0.717, 1.165) is 36.2 Å². The van der Waals surface area contributed by atoms with Gasteiger partial charge in [-0.1, -0.05) is 37.4 Å². The van der Waals surface area contributed by atoms with E-state index in [9.17, 15) is 9.18 Å². The fourth-order valence-corrected chi connectivity index (χ4v) is 4.86. The van der Waals surface area contributed by atoms with E-state index >= 15 is 0 Å². The Balaban J connectivity index is 1.63. The summed E-state index contributed by atoms with van der Waals surface area (Å²) in [5.41, 5.74) is 3.20. The second kappa shape index (κ2) is 7.21. The number of hydrogen-bond donors (Lipinski definition) is 1. The number of allylic oxidation sites excluding steroid dienone is 1. The lowest BCUT2D eigenvalue weighted by atomic mass is 9.88. The number of likely N-dealkylation sites (N-methyl/N-ethyl adjacent to an activating group) is 1. The summed E-state index contributed by atoms with van der Waals surface area (Å²) in [5.74, 6) is -0.284. The maximum Gasteiger partial charge on any atom is 0.318 e. The van der Waals surface area contributed by atoms with Crippen LogP contribution in [0.25, 0.3) is 0 Å². The van der Waals surface area contributed by atoms with Crippen LogP contribution in [0.2, 0.25) is 0 Å². The average Bonchev–Trinajstić information content (AvgIpc) is 3.40. The predicted octanol–water partition coefficient (Wildman–Crippen LogP) is 4.04. The summed E-state index contributed by atoms with van der Waals surface area (Å²) in [5, 5.41) is 3.31. The predicted molar refractivity (Wildman–Crippen MR) is 109 cm³/mol. The van der Waals surface area contributed by atoms with E-state index in [1.807, 2.05) is 11.0 Å². The van der Waals surface area contributed by atoms with E-state index in [0.29, 0.717) is 6.54 Å². The second-order valence-corrected chi connectivity index (χ2v) is 8.35. The van der Waals surface area contributed by atoms with Crippen molar-refractivity contribution in [3.8, 4) is 0 Å². The average molecular weight is 381 g/mol. The zero-order valence-electron chi connectivity index (χ0n) is 16.5. The zero-order valence-corrected chi connectivity index (χ0v) is 16.5. The summed E-state index contributed by atoms with van der Waals surface area (Å²) in [6.07, 6.45) is 6.75. The Labute approximate surface area is 166 Å². The van der Waals surface area contributed by atoms with Crippen LogP contribution in [0.5, 0.6) is 0 Å². The maximum atomic E-state index is 13.5. The minimum atomic E-state index is -0.284. The smallest absolute Gasteiger partial charge is 0.318 e. The molecule has 1 aliphatic carbocycles. The first-order valence-electron chi connectivity index (χ1n) is 9.96. The van der Waals surface area contributed by atoms with Gasteiger partial charge in [-0.2, -0.15) is 0 Å². The molecule has 2 atom stereocenters. The van der Waals surface area contributed by atoms with Gasteiger partial charge in [0, 0.05) is 25.0 Å². The van der Waals surface area contributed by atoms with Gasteiger partial charge in [-0.05, 0) is 55.2 Å². The van der Waals surface area contributed by atoms with Crippen LogP contribution in [0.15, 0.2) is 60.7 Å². The minimum absolute atomic E-state index is 0.0524. The molecule has 1 saturated heterocycles. The molecule has 1 aromatic rings. The van der Waals surface area contributed by atoms with Gasteiger partial charge in [0.1, 0.15) is 5.82 Å². The van der Waals surface area contributed by atoms with Gasteiger partial charge in [-0.3, -0.25) is 0 Å². The molecule has 4 nitrogen and oxygen atoms in total. The van der Waals surface area contributed by atoms with Gasteiger partial charge in [-0.15, -0.1) is 0 Å². The molecule has 28 heavy (non-hydrogen) atoms. The first-order valence-corrected chi connectivity index (χ1v) is 9.96. The van der Waals surface area contributed by atoms with Crippen LogP contribution in [-0.4, -0.2) is 48.6 Å². The Kier molecular flexibility index (Phi) is 4.88. The Bertz CT molecular complexity index is 825. The number of hydrogen-bond acceptors (Lipinski definition) is 2. The summed E-state index contributed by atoms with van der Waals surface area (Å²) in [6, 6.07) is 6.25. The highest BCUT2D eigenvalue weighted by Gasteiger charge is 2.55. The van der Waals surface area contributed by atoms with Gasteiger partial charge in [0.15, 0.2) is 0 Å². The number of amides is 2. The molecule has 2 unspecified atom stereocenters. The monoisotopic (exact) mass is 381 g/mol. The number of nitrogens with zero attached hydrogens (tertiary/aromatic N) is 2. The van der Waals surface area contributed by atoms with Crippen molar-refractivity contribution in [2.45, 2.75) is 31.3 Å². The molecular formula is C23H28FN3O. The topological polar surface area (TPSA) is 35.6 Å². The highest BCUT2D eigenvalue weighted by Crippen LogP contribution is 2.52. The minimum Gasteiger partial charge on any atom is -0.333 e. The molecule has 3 aliphatic rings. The molecule has 2 amide bonds. The van der Waals surface area contributed by atoms with Crippen LogP contribution in [0.1, 0.15) is 30.9 Å². The van der Waals surface area contributed by atoms with Crippen molar-refractivity contribution < 1.29 is 9.18 Å². The molecule has 1 spiro atoms. The van der Waals surface area contributed by atoms with Crippen LogP contribution < -0.4 is 5.32 Å². The first-order chi connectivity index (χ1) is 13.5. The third kappa shape index (κ3) is 3.28. The van der Waals surface area contributed by atoms with Gasteiger partial charge < -0.3 is 15.1 Å². The summed E-state index contributed by atoms with van der Waals surface area (Å²) in [4.78, 5) is 17.5. The normalized spacial score (nSPS) is 26.4. The van der Waals surface area contributed by atoms with E-state index in [1.54, 1.807) is 18.2 Å². The lowest BCUT2D eigenvalue weighted by Gasteiger charge is -2.39. The highest BCUT2D eigenvalue weighted by molar-refractivity contribution is 5.77. The molecule has 2 heterocycles. The Morgan fingerprint density at radius 2 is 1.96 bits per heavy atom. The van der Waals surface area contributed by atoms with E-state index in [1.165, 1.54) is 25.0 Å². The summed E-state index contributed by atoms with van der Waals surface area (Å²) in [7, 11) is 2.11. The lowest BCUT2D eigenvalue weighted by Crippen LogP contribution is -2.51. The molecule has 1 N–H and O–H groups in total. The Morgan fingerprint density at radius 1 is 1.25 bits per heavy atom. The molecule has 1 saturated carbocycles. The van der Waals surface area contributed by atoms with Crippen LogP contribution >= 0.6 is 0 Å². The molecule has 0 radical (unpaired) electrons. The summed E-state index contributed by atoms with van der Waals surface area (Å²) >= 11 is 0. The number of nitrogens with one attached hydrogen (secondary N) is 1. The second-order valence-electron chi connectivity index (χ2n) is 8.35. The van der Waals surface area contributed by atoms with Crippen molar-refractivity contribution >= 4 is 6.03 Å². The van der Waals surface area contributed by atoms with E-state index < -0.39 is 0 Å². The number of carbonyl (C=O) groups is 1. The van der Waals surface area contributed by atoms with Gasteiger partial charge in [0.05, 0.1) is 12.1 Å². The highest BCUT2D eigenvalue weighted by atomic mass is 19.1. The number of halogens is 1. The van der Waals surface area contributed by atoms with Crippen molar-refractivity contribution in [3.63, 3.8) is 0 Å². The number of rotatable bonds is 4. The molecule has 148 valence electrons. The molecule has 2 aliphatic heterocycles. The van der Waals surface area contributed by atoms with Gasteiger partial charge in [0.2, 0.25) is 0 Å². The van der Waals surface area contributed by atoms with Crippen LogP contribution in [0.4, 0.5) is 9.18 Å². The van der Waals surface area contributed by atoms with Crippen LogP contribution in [0.3, 0.4) is 0 Å². The van der Waals surface area contributed by atoms with E-state index in [-0.39, 0.29) is 29.3 Å². The Morgan fingerprint density at radius 3 is 2.57 bits per heavy atom. The maximum absolute atomic E-state index is 13.5. The third-order valence-corrected chi connectivity index (χ3v) is 6.52. The van der Waals surface area contributed by atoms with Gasteiger partial charge >= 0.3 is 6.03 Å². The molecule has 0 aromatic heterocycles. The quantitative estimate of drug-likeness (QED) is 0.854. The molecule has 2 fully saturated rings. The van der Waals surface area contributed by atoms with Crippen molar-refractivity contribution in [1.29, 1.82) is 0 Å². The third-order valence-electron chi connectivity index (χ3n) is 6.52. The molecule has 4 rings (SSSR count). The van der Waals surface area contributed by atoms with E-state index in [4.69, 9.17) is 0 Å². The molecule has 0 bridgehead atoms. The number of carbonyl (C=O) groups excluding carboxylic acids is 1. The van der Waals surface area contributed by atoms with Crippen molar-refractivity contribution in [3.05, 3.63) is 72.1 Å². The number of likely N-dealkylation sites (tertiary alicyclic amines) is 1. The standard InChI is InChI=1S/C23H28FN3O/c1-4-16-10-13-27(21(19(16)5-2)17-6-8-18(24)9-7-17)22(28)25-20-14-26(3)15-23(20)11-12-23/h4-9,20-21H,1-2,10-15H2,3H3,(H,25,28). The van der Waals surface area contributed by atoms with Crippen molar-refractivity contribution in [2.24, 2.45) is 5.41 Å². The SMILES string of the molecule is C=CC1=C(C=C)C(c2ccc(F)cc2)N(C(=O)NC2CN(C)CC23CC3)CC1. The van der Waals surface area contributed by atoms with Gasteiger partial charge in [0.25, 0.3) is 0 Å². The van der Waals surface area contributed by atoms with Crippen LogP contribution in [-0.2, 0) is 0 Å². The molecular weight excluding hydrogens is 353 g/mol. The summed E-state index contributed by atoms with van der Waals surface area (Å²) in [6.45, 7) is 10.4. The Hall–Kier alpha value is -2.40. The van der Waals surface area contributed by atoms with Gasteiger partial charge in [-0.25, -0.2) is 9.18 Å². The summed E-state index contributed by atoms with van der Waals surface area (Å²) < 4.78 is 13.5. The number of benzene rings is 1. The van der Waals surface area contributed by atoms with Crippen molar-refractivity contribution in [1.82, 2.24) is 15.1 Å². The number of urea groups is 1. The van der Waals surface area contributed by atoms with Crippen LogP contribution in [0, 0.1) is 11.2 Å². The van der Waals surface area contributed by atoms with E-state index in [2.05, 4.69) is 30.4 Å². The molecule has 5 heteroatoms. The fraction of sp³-hybridized carbons (Fsp3) is 0.435. The fourth-order valence-electron chi connectivity index (χ4n) is 4.86. The molecule has 1 aromatic carbocycles.